The highest BCUT2D eigenvalue weighted by Crippen LogP contribution is 2.58. The molecule has 0 unspecified atom stereocenters. The molecular formula is C19H18Cl2O5. The van der Waals surface area contributed by atoms with Crippen LogP contribution in [0.2, 0.25) is 5.02 Å². The predicted molar refractivity (Wildman–Crippen MR) is 94.1 cm³/mol. The van der Waals surface area contributed by atoms with Crippen LogP contribution in [0.25, 0.3) is 0 Å². The summed E-state index contributed by atoms with van der Waals surface area (Å²) >= 11 is 11.7. The van der Waals surface area contributed by atoms with Crippen molar-refractivity contribution < 1.29 is 23.9 Å². The molecule has 0 aromatic heterocycles. The number of ketones is 1. The average molecular weight is 397 g/mol. The number of fused-ring (bicyclic) bond motifs is 1. The van der Waals surface area contributed by atoms with Gasteiger partial charge in [0, 0.05) is 28.8 Å². The van der Waals surface area contributed by atoms with Gasteiger partial charge in [-0.05, 0) is 43.0 Å². The maximum atomic E-state index is 12.8. The highest BCUT2D eigenvalue weighted by Gasteiger charge is 2.64. The van der Waals surface area contributed by atoms with Crippen molar-refractivity contribution in [3.63, 3.8) is 0 Å². The maximum absolute atomic E-state index is 12.8. The van der Waals surface area contributed by atoms with E-state index < -0.39 is 23.9 Å². The molecule has 3 aliphatic rings. The lowest BCUT2D eigenvalue weighted by Gasteiger charge is -2.25. The predicted octanol–water partition coefficient (Wildman–Crippen LogP) is 3.26. The number of hydrogen-bond acceptors (Lipinski definition) is 5. The third kappa shape index (κ3) is 2.91. The molecule has 2 bridgehead atoms. The Kier molecular flexibility index (Phi) is 4.70. The smallest absolute Gasteiger partial charge is 0.310 e. The molecule has 3 fully saturated rings. The summed E-state index contributed by atoms with van der Waals surface area (Å²) in [7, 11) is 0. The van der Waals surface area contributed by atoms with Gasteiger partial charge in [0.1, 0.15) is 6.10 Å². The zero-order chi connectivity index (χ0) is 18.4. The molecule has 1 aromatic rings. The van der Waals surface area contributed by atoms with Crippen LogP contribution in [0.4, 0.5) is 0 Å². The van der Waals surface area contributed by atoms with E-state index in [9.17, 15) is 14.4 Å². The average Bonchev–Trinajstić information content (AvgIpc) is 3.23. The van der Waals surface area contributed by atoms with Gasteiger partial charge in [-0.3, -0.25) is 14.4 Å². The lowest BCUT2D eigenvalue weighted by atomic mass is 9.80. The van der Waals surface area contributed by atoms with E-state index in [1.54, 1.807) is 24.3 Å². The first-order valence-electron chi connectivity index (χ1n) is 8.76. The second kappa shape index (κ2) is 6.86. The van der Waals surface area contributed by atoms with E-state index in [1.165, 1.54) is 0 Å². The van der Waals surface area contributed by atoms with Crippen LogP contribution in [0.1, 0.15) is 29.6 Å². The van der Waals surface area contributed by atoms with Crippen molar-refractivity contribution >= 4 is 40.9 Å². The normalized spacial score (nSPS) is 32.4. The molecule has 0 radical (unpaired) electrons. The Morgan fingerprint density at radius 2 is 1.96 bits per heavy atom. The zero-order valence-corrected chi connectivity index (χ0v) is 15.4. The van der Waals surface area contributed by atoms with Gasteiger partial charge >= 0.3 is 11.9 Å². The molecule has 4 rings (SSSR count). The summed E-state index contributed by atoms with van der Waals surface area (Å²) in [6.07, 6.45) is 0.724. The number of hydrogen-bond donors (Lipinski definition) is 0. The Morgan fingerprint density at radius 1 is 1.23 bits per heavy atom. The van der Waals surface area contributed by atoms with Crippen LogP contribution in [-0.4, -0.2) is 35.8 Å². The van der Waals surface area contributed by atoms with E-state index in [0.29, 0.717) is 17.0 Å². The van der Waals surface area contributed by atoms with Gasteiger partial charge in [0.25, 0.3) is 0 Å². The lowest BCUT2D eigenvalue weighted by Crippen LogP contribution is -2.37. The molecule has 5 nitrogen and oxygen atoms in total. The number of esters is 2. The number of alkyl halides is 1. The highest BCUT2D eigenvalue weighted by molar-refractivity contribution is 6.30. The van der Waals surface area contributed by atoms with Crippen molar-refractivity contribution in [2.45, 2.75) is 31.5 Å². The molecule has 6 atom stereocenters. The number of rotatable bonds is 6. The first kappa shape index (κ1) is 17.8. The molecular weight excluding hydrogens is 379 g/mol. The number of carbonyl (C=O) groups is 3. The quantitative estimate of drug-likeness (QED) is 0.419. The van der Waals surface area contributed by atoms with Gasteiger partial charge in [0.15, 0.2) is 6.10 Å². The summed E-state index contributed by atoms with van der Waals surface area (Å²) in [5.74, 6) is -1.65. The molecule has 1 heterocycles. The number of carbonyl (C=O) groups excluding carboxylic acids is 3. The Labute approximate surface area is 160 Å². The summed E-state index contributed by atoms with van der Waals surface area (Å²) in [4.78, 5) is 37.6. The topological polar surface area (TPSA) is 69.7 Å². The molecule has 2 aliphatic carbocycles. The molecule has 26 heavy (non-hydrogen) atoms. The first-order valence-corrected chi connectivity index (χ1v) is 9.67. The van der Waals surface area contributed by atoms with Crippen LogP contribution in [0.3, 0.4) is 0 Å². The minimum atomic E-state index is -0.964. The van der Waals surface area contributed by atoms with Crippen LogP contribution in [-0.2, 0) is 19.1 Å². The van der Waals surface area contributed by atoms with Gasteiger partial charge in [0.05, 0.1) is 11.8 Å². The van der Waals surface area contributed by atoms with E-state index in [4.69, 9.17) is 32.7 Å². The van der Waals surface area contributed by atoms with Crippen molar-refractivity contribution in [1.82, 2.24) is 0 Å². The largest absolute Gasteiger partial charge is 0.462 e. The van der Waals surface area contributed by atoms with Crippen molar-refractivity contribution in [2.75, 3.05) is 5.88 Å². The van der Waals surface area contributed by atoms with E-state index in [-0.39, 0.29) is 42.0 Å². The monoisotopic (exact) mass is 396 g/mol. The van der Waals surface area contributed by atoms with Gasteiger partial charge in [-0.25, -0.2) is 0 Å². The Balaban J connectivity index is 1.50. The Morgan fingerprint density at radius 3 is 2.65 bits per heavy atom. The first-order chi connectivity index (χ1) is 12.5. The SMILES string of the molecule is O=C(O[C@@H](CCCl)C(=O)c1ccc(Cl)cc1)[C@@H]1[C@@H]2C[C@H]3[C@@H]1C(=O)O[C@@H]3C2. The van der Waals surface area contributed by atoms with Gasteiger partial charge in [-0.15, -0.1) is 11.6 Å². The Hall–Kier alpha value is -1.59. The van der Waals surface area contributed by atoms with E-state index in [0.717, 1.165) is 6.42 Å². The van der Waals surface area contributed by atoms with Crippen LogP contribution >= 0.6 is 23.2 Å². The molecule has 0 spiro atoms. The van der Waals surface area contributed by atoms with Crippen LogP contribution in [0.15, 0.2) is 24.3 Å². The third-order valence-corrected chi connectivity index (χ3v) is 6.28. The number of Topliss-reactive ketones (excluding diaryl/α,β-unsaturated/α-hetero) is 1. The van der Waals surface area contributed by atoms with E-state index >= 15 is 0 Å². The fraction of sp³-hybridized carbons (Fsp3) is 0.526. The van der Waals surface area contributed by atoms with Gasteiger partial charge in [-0.2, -0.15) is 0 Å². The fourth-order valence-electron chi connectivity index (χ4n) is 4.69. The second-order valence-electron chi connectivity index (χ2n) is 7.20. The molecule has 1 aromatic carbocycles. The summed E-state index contributed by atoms with van der Waals surface area (Å²) < 4.78 is 10.9. The van der Waals surface area contributed by atoms with Crippen molar-refractivity contribution in [3.8, 4) is 0 Å². The molecule has 0 amide bonds. The highest BCUT2D eigenvalue weighted by atomic mass is 35.5. The maximum Gasteiger partial charge on any atom is 0.310 e. The van der Waals surface area contributed by atoms with E-state index in [1.807, 2.05) is 0 Å². The molecule has 2 saturated carbocycles. The summed E-state index contributed by atoms with van der Waals surface area (Å²) in [5.41, 5.74) is 0.408. The minimum absolute atomic E-state index is 0.0455. The number of benzene rings is 1. The molecule has 7 heteroatoms. The summed E-state index contributed by atoms with van der Waals surface area (Å²) in [6.45, 7) is 0. The van der Waals surface area contributed by atoms with Crippen LogP contribution < -0.4 is 0 Å². The standard InChI is InChI=1S/C19H18Cl2O5/c20-6-5-13(17(22)9-1-3-11(21)4-2-9)25-18(23)15-10-7-12-14(8-10)26-19(24)16(12)15/h1-4,10,12-16H,5-8H2/t10-,12-,13+,14-,15-,16+/m1/s1. The van der Waals surface area contributed by atoms with Crippen molar-refractivity contribution in [1.29, 1.82) is 0 Å². The number of halogens is 2. The van der Waals surface area contributed by atoms with Crippen molar-refractivity contribution in [3.05, 3.63) is 34.9 Å². The molecule has 0 N–H and O–H groups in total. The molecule has 1 saturated heterocycles. The van der Waals surface area contributed by atoms with Gasteiger partial charge < -0.3 is 9.47 Å². The van der Waals surface area contributed by atoms with E-state index in [2.05, 4.69) is 0 Å². The molecule has 1 aliphatic heterocycles. The second-order valence-corrected chi connectivity index (χ2v) is 8.01. The Bertz CT molecular complexity index is 745. The van der Waals surface area contributed by atoms with Crippen LogP contribution in [0, 0.1) is 23.7 Å². The van der Waals surface area contributed by atoms with Gasteiger partial charge in [0.2, 0.25) is 5.78 Å². The van der Waals surface area contributed by atoms with Gasteiger partial charge in [-0.1, -0.05) is 11.6 Å². The third-order valence-electron chi connectivity index (χ3n) is 5.81. The zero-order valence-electron chi connectivity index (χ0n) is 13.9. The summed E-state index contributed by atoms with van der Waals surface area (Å²) in [5, 5.41) is 0.517. The minimum Gasteiger partial charge on any atom is -0.462 e. The number of ether oxygens (including phenoxy) is 2. The lowest BCUT2D eigenvalue weighted by molar-refractivity contribution is -0.158. The fourth-order valence-corrected chi connectivity index (χ4v) is 5.01. The van der Waals surface area contributed by atoms with Crippen LogP contribution in [0.5, 0.6) is 0 Å². The summed E-state index contributed by atoms with van der Waals surface area (Å²) in [6, 6.07) is 6.41. The molecule has 138 valence electrons. The van der Waals surface area contributed by atoms with Crippen molar-refractivity contribution in [2.24, 2.45) is 23.7 Å².